The van der Waals surface area contributed by atoms with Crippen LogP contribution in [0.25, 0.3) is 0 Å². The van der Waals surface area contributed by atoms with Gasteiger partial charge in [0.15, 0.2) is 5.11 Å². The minimum absolute atomic E-state index is 0.650. The van der Waals surface area contributed by atoms with E-state index < -0.39 is 0 Å². The van der Waals surface area contributed by atoms with E-state index >= 15 is 0 Å². The number of para-hydroxylation sites is 2. The summed E-state index contributed by atoms with van der Waals surface area (Å²) in [7, 11) is 0. The van der Waals surface area contributed by atoms with E-state index in [0.717, 1.165) is 18.0 Å². The standard InChI is InChI=1S/C19H32N2OS/c1-3-5-6-7-8-9-10-13-16-20-19(23)21-17-14-11-12-15-18(17)22-4-2/h11-12,14-15H,3-10,13,16H2,1-2H3,(H2,20,21,23). The second-order valence-corrected chi connectivity index (χ2v) is 6.19. The molecular formula is C19H32N2OS. The van der Waals surface area contributed by atoms with Gasteiger partial charge in [-0.15, -0.1) is 0 Å². The molecule has 3 nitrogen and oxygen atoms in total. The van der Waals surface area contributed by atoms with Crippen LogP contribution in [0.4, 0.5) is 5.69 Å². The predicted molar refractivity (Wildman–Crippen MR) is 104 cm³/mol. The fourth-order valence-corrected chi connectivity index (χ4v) is 2.69. The van der Waals surface area contributed by atoms with Gasteiger partial charge in [-0.05, 0) is 37.7 Å². The van der Waals surface area contributed by atoms with Crippen molar-refractivity contribution in [2.24, 2.45) is 0 Å². The highest BCUT2D eigenvalue weighted by Crippen LogP contribution is 2.23. The lowest BCUT2D eigenvalue weighted by Crippen LogP contribution is -2.29. The highest BCUT2D eigenvalue weighted by molar-refractivity contribution is 7.80. The Labute approximate surface area is 147 Å². The number of ether oxygens (including phenoxy) is 1. The number of unbranched alkanes of at least 4 members (excludes halogenated alkanes) is 7. The molecule has 0 atom stereocenters. The molecule has 1 rings (SSSR count). The average molecular weight is 337 g/mol. The average Bonchev–Trinajstić information content (AvgIpc) is 2.55. The van der Waals surface area contributed by atoms with Gasteiger partial charge in [-0.2, -0.15) is 0 Å². The molecule has 0 aliphatic rings. The molecule has 0 saturated carbocycles. The van der Waals surface area contributed by atoms with Gasteiger partial charge in [-0.1, -0.05) is 64.0 Å². The summed E-state index contributed by atoms with van der Waals surface area (Å²) in [5, 5.41) is 7.16. The highest BCUT2D eigenvalue weighted by atomic mass is 32.1. The summed E-state index contributed by atoms with van der Waals surface area (Å²) in [6, 6.07) is 7.88. The molecule has 23 heavy (non-hydrogen) atoms. The maximum Gasteiger partial charge on any atom is 0.170 e. The van der Waals surface area contributed by atoms with Gasteiger partial charge in [-0.3, -0.25) is 0 Å². The van der Waals surface area contributed by atoms with Crippen molar-refractivity contribution in [3.63, 3.8) is 0 Å². The largest absolute Gasteiger partial charge is 0.492 e. The van der Waals surface area contributed by atoms with Crippen molar-refractivity contribution in [3.05, 3.63) is 24.3 Å². The number of benzene rings is 1. The van der Waals surface area contributed by atoms with Gasteiger partial charge >= 0.3 is 0 Å². The van der Waals surface area contributed by atoms with Gasteiger partial charge in [0.2, 0.25) is 0 Å². The van der Waals surface area contributed by atoms with Crippen molar-refractivity contribution in [2.75, 3.05) is 18.5 Å². The molecule has 0 saturated heterocycles. The molecule has 0 heterocycles. The molecule has 0 fully saturated rings. The van der Waals surface area contributed by atoms with Crippen LogP contribution >= 0.6 is 12.2 Å². The molecular weight excluding hydrogens is 304 g/mol. The number of hydrogen-bond donors (Lipinski definition) is 2. The van der Waals surface area contributed by atoms with Crippen LogP contribution in [0.2, 0.25) is 0 Å². The Morgan fingerprint density at radius 2 is 1.61 bits per heavy atom. The summed E-state index contributed by atoms with van der Waals surface area (Å²) in [5.74, 6) is 0.839. The van der Waals surface area contributed by atoms with E-state index in [0.29, 0.717) is 11.7 Å². The zero-order valence-corrected chi connectivity index (χ0v) is 15.5. The minimum Gasteiger partial charge on any atom is -0.492 e. The summed E-state index contributed by atoms with van der Waals surface area (Å²) in [6.07, 6.45) is 10.6. The van der Waals surface area contributed by atoms with Crippen molar-refractivity contribution in [1.82, 2.24) is 5.32 Å². The van der Waals surface area contributed by atoms with Crippen molar-refractivity contribution < 1.29 is 4.74 Å². The lowest BCUT2D eigenvalue weighted by Gasteiger charge is -2.14. The Morgan fingerprint density at radius 1 is 0.957 bits per heavy atom. The van der Waals surface area contributed by atoms with E-state index in [1.807, 2.05) is 31.2 Å². The fourth-order valence-electron chi connectivity index (χ4n) is 2.48. The van der Waals surface area contributed by atoms with E-state index in [-0.39, 0.29) is 0 Å². The summed E-state index contributed by atoms with van der Waals surface area (Å²) in [5.41, 5.74) is 0.919. The molecule has 0 aliphatic heterocycles. The van der Waals surface area contributed by atoms with Gasteiger partial charge < -0.3 is 15.4 Å². The van der Waals surface area contributed by atoms with Crippen LogP contribution in [0.5, 0.6) is 5.75 Å². The van der Waals surface area contributed by atoms with E-state index in [2.05, 4.69) is 17.6 Å². The Balaban J connectivity index is 2.11. The summed E-state index contributed by atoms with van der Waals surface area (Å²) in [4.78, 5) is 0. The number of hydrogen-bond acceptors (Lipinski definition) is 2. The summed E-state index contributed by atoms with van der Waals surface area (Å²) >= 11 is 5.35. The van der Waals surface area contributed by atoms with Crippen LogP contribution in [-0.2, 0) is 0 Å². The lowest BCUT2D eigenvalue weighted by molar-refractivity contribution is 0.342. The summed E-state index contributed by atoms with van der Waals surface area (Å²) in [6.45, 7) is 5.82. The Hall–Kier alpha value is -1.29. The van der Waals surface area contributed by atoms with E-state index in [4.69, 9.17) is 17.0 Å². The van der Waals surface area contributed by atoms with Crippen LogP contribution < -0.4 is 15.4 Å². The first kappa shape index (κ1) is 19.8. The van der Waals surface area contributed by atoms with Gasteiger partial charge in [-0.25, -0.2) is 0 Å². The zero-order chi connectivity index (χ0) is 16.8. The third-order valence-electron chi connectivity index (χ3n) is 3.75. The van der Waals surface area contributed by atoms with Crippen LogP contribution in [0, 0.1) is 0 Å². The smallest absolute Gasteiger partial charge is 0.170 e. The van der Waals surface area contributed by atoms with Crippen molar-refractivity contribution >= 4 is 23.0 Å². The summed E-state index contributed by atoms with van der Waals surface area (Å²) < 4.78 is 5.59. The van der Waals surface area contributed by atoms with Gasteiger partial charge in [0.05, 0.1) is 12.3 Å². The monoisotopic (exact) mass is 336 g/mol. The maximum absolute atomic E-state index is 5.59. The topological polar surface area (TPSA) is 33.3 Å². The molecule has 2 N–H and O–H groups in total. The molecule has 0 amide bonds. The molecule has 0 aromatic heterocycles. The molecule has 0 aliphatic carbocycles. The Bertz CT molecular complexity index is 437. The Kier molecular flexibility index (Phi) is 11.3. The lowest BCUT2D eigenvalue weighted by atomic mass is 10.1. The second kappa shape index (κ2) is 13.2. The number of nitrogens with one attached hydrogen (secondary N) is 2. The minimum atomic E-state index is 0.650. The molecule has 1 aromatic rings. The first-order valence-corrected chi connectivity index (χ1v) is 9.45. The number of rotatable bonds is 12. The number of anilines is 1. The molecule has 130 valence electrons. The van der Waals surface area contributed by atoms with Gasteiger partial charge in [0, 0.05) is 6.54 Å². The zero-order valence-electron chi connectivity index (χ0n) is 14.7. The highest BCUT2D eigenvalue weighted by Gasteiger charge is 2.03. The van der Waals surface area contributed by atoms with Gasteiger partial charge in [0.1, 0.15) is 5.75 Å². The van der Waals surface area contributed by atoms with Crippen LogP contribution in [0.15, 0.2) is 24.3 Å². The number of thiocarbonyl (C=S) groups is 1. The van der Waals surface area contributed by atoms with Crippen molar-refractivity contribution in [2.45, 2.75) is 65.2 Å². The molecule has 0 bridgehead atoms. The molecule has 1 aromatic carbocycles. The third kappa shape index (κ3) is 9.44. The predicted octanol–water partition coefficient (Wildman–Crippen LogP) is 5.51. The van der Waals surface area contributed by atoms with Crippen LogP contribution in [-0.4, -0.2) is 18.3 Å². The SMILES string of the molecule is CCCCCCCCCCNC(=S)Nc1ccccc1OCC. The third-order valence-corrected chi connectivity index (χ3v) is 4.00. The molecule has 4 heteroatoms. The first-order chi connectivity index (χ1) is 11.3. The molecule has 0 radical (unpaired) electrons. The quantitative estimate of drug-likeness (QED) is 0.389. The molecule has 0 spiro atoms. The van der Waals surface area contributed by atoms with E-state index in [1.54, 1.807) is 0 Å². The fraction of sp³-hybridized carbons (Fsp3) is 0.632. The van der Waals surface area contributed by atoms with Crippen molar-refractivity contribution in [1.29, 1.82) is 0 Å². The second-order valence-electron chi connectivity index (χ2n) is 5.78. The van der Waals surface area contributed by atoms with Crippen LogP contribution in [0.1, 0.15) is 65.2 Å². The Morgan fingerprint density at radius 3 is 2.30 bits per heavy atom. The first-order valence-electron chi connectivity index (χ1n) is 9.04. The van der Waals surface area contributed by atoms with Crippen molar-refractivity contribution in [3.8, 4) is 5.75 Å². The normalized spacial score (nSPS) is 10.3. The van der Waals surface area contributed by atoms with E-state index in [1.165, 1.54) is 51.4 Å². The van der Waals surface area contributed by atoms with Gasteiger partial charge in [0.25, 0.3) is 0 Å². The van der Waals surface area contributed by atoms with E-state index in [9.17, 15) is 0 Å². The maximum atomic E-state index is 5.59. The molecule has 0 unspecified atom stereocenters. The van der Waals surface area contributed by atoms with Crippen LogP contribution in [0.3, 0.4) is 0 Å².